The number of nitrogens with zero attached hydrogens (tertiary/aromatic N) is 4. The smallest absolute Gasteiger partial charge is 0.457 e. The van der Waals surface area contributed by atoms with Crippen LogP contribution in [0.5, 0.6) is 0 Å². The summed E-state index contributed by atoms with van der Waals surface area (Å²) in [4.78, 5) is 71.0. The molecule has 2 aliphatic heterocycles. The minimum atomic E-state index is -1.32. The first-order valence-corrected chi connectivity index (χ1v) is 22.3. The van der Waals surface area contributed by atoms with Gasteiger partial charge in [-0.15, -0.1) is 23.1 Å². The monoisotopic (exact) mass is 886 g/mol. The van der Waals surface area contributed by atoms with Gasteiger partial charge in [0.05, 0.1) is 6.61 Å². The fourth-order valence-electron chi connectivity index (χ4n) is 7.11. The molecule has 0 spiro atoms. The number of pyridine rings is 1. The van der Waals surface area contributed by atoms with Crippen molar-refractivity contribution in [2.75, 3.05) is 31.3 Å². The molecule has 7 rings (SSSR count). The zero-order chi connectivity index (χ0) is 44.2. The first-order valence-electron chi connectivity index (χ1n) is 20.4. The summed E-state index contributed by atoms with van der Waals surface area (Å²) in [5, 5.41) is 8.50. The fourth-order valence-corrected chi connectivity index (χ4v) is 8.98. The number of esters is 1. The number of hydrogen-bond donors (Lipinski definition) is 2. The van der Waals surface area contributed by atoms with Crippen molar-refractivity contribution in [3.63, 3.8) is 0 Å². The Balaban J connectivity index is 1.14. The molecule has 0 bridgehead atoms. The molecule has 63 heavy (non-hydrogen) atoms. The quantitative estimate of drug-likeness (QED) is 0.0223. The number of oxime groups is 1. The third kappa shape index (κ3) is 10.1. The standard InChI is InChI=1S/C47H46N6O8S2/c1-3-31(4-2)28-60-46(57)59-26-25-58-44(56)40-33(23-22-32-15-14-24-49-27-32)29-62-43-39(42(55)53(40)43)51-41(54)38(37-30-63-45(48)50-37)52-61-47(34-16-8-5-9-17-34,35-18-10-6-11-19-35)36-20-12-7-13-21-36/h5-24,27,30-31,39,43H,3-4,25-26,28-29H2,1-2H3,(H2,48,50)(H,51,54)/b23-22-,52-38?/t39-,43+/m1/s1. The Labute approximate surface area is 373 Å². The molecule has 5 aromatic rings. The van der Waals surface area contributed by atoms with E-state index in [1.807, 2.05) is 111 Å². The van der Waals surface area contributed by atoms with E-state index in [4.69, 9.17) is 24.8 Å². The van der Waals surface area contributed by atoms with Crippen molar-refractivity contribution in [2.45, 2.75) is 43.7 Å². The maximum atomic E-state index is 14.4. The number of carbonyl (C=O) groups is 4. The number of fused-ring (bicyclic) bond motifs is 1. The summed E-state index contributed by atoms with van der Waals surface area (Å²) >= 11 is 2.48. The van der Waals surface area contributed by atoms with Crippen molar-refractivity contribution in [2.24, 2.45) is 11.1 Å². The summed E-state index contributed by atoms with van der Waals surface area (Å²) in [6, 6.07) is 31.2. The van der Waals surface area contributed by atoms with E-state index in [2.05, 4.69) is 20.4 Å². The number of amides is 2. The van der Waals surface area contributed by atoms with E-state index in [1.165, 1.54) is 16.7 Å². The van der Waals surface area contributed by atoms with E-state index in [0.29, 0.717) is 11.3 Å². The predicted octanol–water partition coefficient (Wildman–Crippen LogP) is 7.33. The summed E-state index contributed by atoms with van der Waals surface area (Å²) < 4.78 is 15.9. The van der Waals surface area contributed by atoms with Crippen LogP contribution in [0.4, 0.5) is 9.93 Å². The molecule has 3 N–H and O–H groups in total. The van der Waals surface area contributed by atoms with Crippen LogP contribution in [0.3, 0.4) is 0 Å². The van der Waals surface area contributed by atoms with Crippen LogP contribution in [-0.2, 0) is 39.0 Å². The molecule has 1 fully saturated rings. The zero-order valence-electron chi connectivity index (χ0n) is 34.6. The Kier molecular flexibility index (Phi) is 14.7. The van der Waals surface area contributed by atoms with Crippen molar-refractivity contribution in [1.82, 2.24) is 20.2 Å². The van der Waals surface area contributed by atoms with Gasteiger partial charge >= 0.3 is 12.1 Å². The molecule has 3 aromatic carbocycles. The number of rotatable bonds is 18. The topological polar surface area (TPSA) is 185 Å². The lowest BCUT2D eigenvalue weighted by Crippen LogP contribution is -2.71. The number of aromatic nitrogens is 2. The first-order chi connectivity index (χ1) is 30.7. The lowest BCUT2D eigenvalue weighted by atomic mass is 9.80. The van der Waals surface area contributed by atoms with Crippen molar-refractivity contribution in [3.05, 3.63) is 166 Å². The second kappa shape index (κ2) is 20.9. The van der Waals surface area contributed by atoms with Gasteiger partial charge in [-0.2, -0.15) is 0 Å². The Morgan fingerprint density at radius 3 is 2.10 bits per heavy atom. The summed E-state index contributed by atoms with van der Waals surface area (Å²) in [5.74, 6) is -1.58. The Hall–Kier alpha value is -6.78. The summed E-state index contributed by atoms with van der Waals surface area (Å²) in [5.41, 5.74) is 8.21. The first kappa shape index (κ1) is 44.3. The Morgan fingerprint density at radius 1 is 0.889 bits per heavy atom. The highest BCUT2D eigenvalue weighted by Gasteiger charge is 2.54. The van der Waals surface area contributed by atoms with E-state index in [-0.39, 0.29) is 48.0 Å². The lowest BCUT2D eigenvalue weighted by Gasteiger charge is -2.49. The van der Waals surface area contributed by atoms with E-state index in [0.717, 1.165) is 46.4 Å². The van der Waals surface area contributed by atoms with E-state index < -0.39 is 41.0 Å². The van der Waals surface area contributed by atoms with Crippen LogP contribution in [0.25, 0.3) is 6.08 Å². The number of nitrogens with one attached hydrogen (secondary N) is 1. The van der Waals surface area contributed by atoms with Gasteiger partial charge in [0.15, 0.2) is 10.8 Å². The summed E-state index contributed by atoms with van der Waals surface area (Å²) in [6.45, 7) is 3.72. The third-order valence-corrected chi connectivity index (χ3v) is 12.5. The summed E-state index contributed by atoms with van der Waals surface area (Å²) in [6.07, 6.45) is 7.68. The number of nitrogen functional groups attached to an aromatic ring is 1. The second-order valence-electron chi connectivity index (χ2n) is 14.5. The predicted molar refractivity (Wildman–Crippen MR) is 241 cm³/mol. The largest absolute Gasteiger partial charge is 0.508 e. The maximum Gasteiger partial charge on any atom is 0.508 e. The molecule has 2 aromatic heterocycles. The third-order valence-electron chi connectivity index (χ3n) is 10.6. The molecule has 14 nitrogen and oxygen atoms in total. The molecule has 16 heteroatoms. The molecular weight excluding hydrogens is 841 g/mol. The number of ether oxygens (including phenoxy) is 3. The van der Waals surface area contributed by atoms with Crippen molar-refractivity contribution < 1.29 is 38.2 Å². The molecule has 0 radical (unpaired) electrons. The van der Waals surface area contributed by atoms with Gasteiger partial charge in [0, 0.05) is 40.2 Å². The number of anilines is 1. The average molecular weight is 887 g/mol. The number of allylic oxidation sites excluding steroid dienone is 1. The molecule has 0 aliphatic carbocycles. The van der Waals surface area contributed by atoms with Crippen LogP contribution in [0.15, 0.2) is 143 Å². The van der Waals surface area contributed by atoms with Gasteiger partial charge in [0.1, 0.15) is 36.0 Å². The van der Waals surface area contributed by atoms with Gasteiger partial charge < -0.3 is 30.1 Å². The maximum absolute atomic E-state index is 14.4. The molecule has 0 saturated carbocycles. The SMILES string of the molecule is CCC(CC)COC(=O)OCCOC(=O)C1=C(/C=C\c2cccnc2)CS[C@H]2[C@H](NC(=O)C(=NOC(c3ccccc3)(c3ccccc3)c3ccccc3)c3csc(N)n3)C(=O)N12. The second-order valence-corrected chi connectivity index (χ2v) is 16.5. The van der Waals surface area contributed by atoms with Crippen molar-refractivity contribution in [1.29, 1.82) is 0 Å². The number of β-lactam (4-membered cyclic amide) rings is 1. The molecule has 1 saturated heterocycles. The van der Waals surface area contributed by atoms with Crippen LogP contribution in [-0.4, -0.2) is 81.5 Å². The number of thioether (sulfide) groups is 1. The molecule has 4 heterocycles. The van der Waals surface area contributed by atoms with Gasteiger partial charge in [-0.3, -0.25) is 19.5 Å². The number of nitrogens with two attached hydrogens (primary N) is 1. The van der Waals surface area contributed by atoms with Crippen molar-refractivity contribution in [3.8, 4) is 0 Å². The number of benzene rings is 3. The van der Waals surface area contributed by atoms with E-state index in [1.54, 1.807) is 36.0 Å². The van der Waals surface area contributed by atoms with E-state index in [9.17, 15) is 19.2 Å². The summed E-state index contributed by atoms with van der Waals surface area (Å²) in [7, 11) is 0. The number of thiazole rings is 1. The fraction of sp³-hybridized carbons (Fsp3) is 0.255. The molecule has 0 unspecified atom stereocenters. The highest BCUT2D eigenvalue weighted by atomic mass is 32.2. The van der Waals surface area contributed by atoms with Gasteiger partial charge in [0.2, 0.25) is 5.60 Å². The minimum absolute atomic E-state index is 0.00793. The highest BCUT2D eigenvalue weighted by molar-refractivity contribution is 8.00. The van der Waals surface area contributed by atoms with Crippen molar-refractivity contribution >= 4 is 64.0 Å². The van der Waals surface area contributed by atoms with Gasteiger partial charge in [-0.1, -0.05) is 141 Å². The van der Waals surface area contributed by atoms with Crippen LogP contribution in [0.1, 0.15) is 54.6 Å². The number of hydrogen-bond acceptors (Lipinski definition) is 14. The van der Waals surface area contributed by atoms with Gasteiger partial charge in [0.25, 0.3) is 11.8 Å². The lowest BCUT2D eigenvalue weighted by molar-refractivity contribution is -0.153. The number of carbonyl (C=O) groups excluding carboxylic acids is 4. The average Bonchev–Trinajstić information content (AvgIpc) is 3.76. The normalized spacial score (nSPS) is 16.3. The zero-order valence-corrected chi connectivity index (χ0v) is 36.3. The molecule has 2 amide bonds. The van der Waals surface area contributed by atoms with Gasteiger partial charge in [-0.05, 0) is 23.1 Å². The highest BCUT2D eigenvalue weighted by Crippen LogP contribution is 2.43. The minimum Gasteiger partial charge on any atom is -0.457 e. The van der Waals surface area contributed by atoms with Gasteiger partial charge in [-0.25, -0.2) is 14.6 Å². The molecule has 2 aliphatic rings. The van der Waals surface area contributed by atoms with Crippen LogP contribution in [0, 0.1) is 5.92 Å². The molecule has 324 valence electrons. The van der Waals surface area contributed by atoms with Crippen LogP contribution >= 0.6 is 23.1 Å². The molecule has 2 atom stereocenters. The Bertz CT molecular complexity index is 2370. The molecular formula is C47H46N6O8S2. The van der Waals surface area contributed by atoms with Crippen LogP contribution < -0.4 is 11.1 Å². The van der Waals surface area contributed by atoms with E-state index >= 15 is 0 Å². The Morgan fingerprint density at radius 2 is 1.52 bits per heavy atom. The van der Waals surface area contributed by atoms with Crippen LogP contribution in [0.2, 0.25) is 0 Å².